The van der Waals surface area contributed by atoms with Crippen LogP contribution >= 0.6 is 11.8 Å². The Morgan fingerprint density at radius 2 is 1.84 bits per heavy atom. The number of hydrogen-bond acceptors (Lipinski definition) is 5. The topological polar surface area (TPSA) is 64.4 Å². The van der Waals surface area contributed by atoms with Crippen LogP contribution in [-0.4, -0.2) is 17.1 Å². The zero-order chi connectivity index (χ0) is 22.3. The van der Waals surface area contributed by atoms with E-state index < -0.39 is 0 Å². The first-order chi connectivity index (χ1) is 15.6. The number of aromatic nitrogens is 1. The van der Waals surface area contributed by atoms with Crippen molar-refractivity contribution in [1.29, 1.82) is 0 Å². The van der Waals surface area contributed by atoms with Gasteiger partial charge < -0.3 is 14.5 Å². The van der Waals surface area contributed by atoms with Gasteiger partial charge in [-0.1, -0.05) is 42.5 Å². The average Bonchev–Trinajstić information content (AvgIpc) is 3.37. The molecule has 5 nitrogen and oxygen atoms in total. The predicted molar refractivity (Wildman–Crippen MR) is 122 cm³/mol. The Morgan fingerprint density at radius 1 is 1.06 bits per heavy atom. The number of furan rings is 1. The van der Waals surface area contributed by atoms with Crippen LogP contribution in [-0.2, 0) is 13.2 Å². The Morgan fingerprint density at radius 3 is 2.53 bits per heavy atom. The maximum Gasteiger partial charge on any atom is 0.274 e. The van der Waals surface area contributed by atoms with Crippen molar-refractivity contribution in [3.63, 3.8) is 0 Å². The average molecular weight is 449 g/mol. The lowest BCUT2D eigenvalue weighted by molar-refractivity contribution is 0.0940. The highest BCUT2D eigenvalue weighted by Crippen LogP contribution is 2.35. The van der Waals surface area contributed by atoms with E-state index in [9.17, 15) is 9.18 Å². The molecule has 1 amide bonds. The largest absolute Gasteiger partial charge is 0.485 e. The van der Waals surface area contributed by atoms with Crippen molar-refractivity contribution >= 4 is 17.7 Å². The molecule has 162 valence electrons. The summed E-state index contributed by atoms with van der Waals surface area (Å²) in [7, 11) is 0. The molecule has 1 N–H and O–H groups in total. The van der Waals surface area contributed by atoms with Gasteiger partial charge in [0.2, 0.25) is 0 Å². The first kappa shape index (κ1) is 21.6. The Labute approximate surface area is 189 Å². The number of benzene rings is 2. The molecule has 7 heteroatoms. The SMILES string of the molecule is CSc1cc(-c2ccco2)nc(C(=O)NCc2ccc(F)cc2)c1OCc1ccccc1. The number of rotatable bonds is 8. The van der Waals surface area contributed by atoms with Gasteiger partial charge in [-0.3, -0.25) is 4.79 Å². The third-order valence-electron chi connectivity index (χ3n) is 4.74. The molecule has 0 aliphatic carbocycles. The molecule has 0 unspecified atom stereocenters. The molecule has 0 radical (unpaired) electrons. The van der Waals surface area contributed by atoms with E-state index in [1.165, 1.54) is 23.9 Å². The lowest BCUT2D eigenvalue weighted by atomic mass is 10.2. The fourth-order valence-electron chi connectivity index (χ4n) is 3.10. The van der Waals surface area contributed by atoms with Crippen molar-refractivity contribution in [2.75, 3.05) is 6.26 Å². The summed E-state index contributed by atoms with van der Waals surface area (Å²) in [6, 6.07) is 21.1. The van der Waals surface area contributed by atoms with E-state index in [1.807, 2.05) is 42.7 Å². The number of pyridine rings is 1. The standard InChI is InChI=1S/C25H21FN2O3S/c1-32-22-14-20(21-8-5-13-30-21)28-23(24(22)31-16-18-6-3-2-4-7-18)25(29)27-15-17-9-11-19(26)12-10-17/h2-14H,15-16H2,1H3,(H,27,29). The molecule has 4 rings (SSSR count). The van der Waals surface area contributed by atoms with Crippen molar-refractivity contribution in [2.45, 2.75) is 18.0 Å². The fraction of sp³-hybridized carbons (Fsp3) is 0.120. The number of carbonyl (C=O) groups is 1. The van der Waals surface area contributed by atoms with Crippen LogP contribution in [0, 0.1) is 5.82 Å². The maximum atomic E-state index is 13.2. The number of hydrogen-bond donors (Lipinski definition) is 1. The van der Waals surface area contributed by atoms with Crippen molar-refractivity contribution < 1.29 is 18.3 Å². The summed E-state index contributed by atoms with van der Waals surface area (Å²) in [6.45, 7) is 0.535. The summed E-state index contributed by atoms with van der Waals surface area (Å²) in [5.74, 6) is 0.256. The van der Waals surface area contributed by atoms with Crippen molar-refractivity contribution in [3.8, 4) is 17.2 Å². The van der Waals surface area contributed by atoms with E-state index >= 15 is 0 Å². The second-order valence-corrected chi connectivity index (χ2v) is 7.80. The first-order valence-corrected chi connectivity index (χ1v) is 11.2. The van der Waals surface area contributed by atoms with Gasteiger partial charge in [0.1, 0.15) is 18.1 Å². The molecule has 0 spiro atoms. The van der Waals surface area contributed by atoms with Crippen LogP contribution in [0.2, 0.25) is 0 Å². The van der Waals surface area contributed by atoms with E-state index in [1.54, 1.807) is 30.5 Å². The molecule has 2 heterocycles. The van der Waals surface area contributed by atoms with Crippen LogP contribution in [0.4, 0.5) is 4.39 Å². The number of nitrogens with one attached hydrogen (secondary N) is 1. The molecular weight excluding hydrogens is 427 g/mol. The van der Waals surface area contributed by atoms with E-state index in [2.05, 4.69) is 10.3 Å². The van der Waals surface area contributed by atoms with Gasteiger partial charge in [0, 0.05) is 6.54 Å². The minimum Gasteiger partial charge on any atom is -0.485 e. The maximum absolute atomic E-state index is 13.2. The summed E-state index contributed by atoms with van der Waals surface area (Å²) in [6.07, 6.45) is 3.47. The number of carbonyl (C=O) groups excluding carboxylic acids is 1. The van der Waals surface area contributed by atoms with Gasteiger partial charge in [-0.25, -0.2) is 9.37 Å². The van der Waals surface area contributed by atoms with Crippen LogP contribution in [0.1, 0.15) is 21.6 Å². The third-order valence-corrected chi connectivity index (χ3v) is 5.48. The molecule has 0 bridgehead atoms. The van der Waals surface area contributed by atoms with E-state index in [0.29, 0.717) is 23.8 Å². The van der Waals surface area contributed by atoms with Crippen LogP contribution in [0.15, 0.2) is 88.4 Å². The number of thioether (sulfide) groups is 1. The zero-order valence-corrected chi connectivity index (χ0v) is 18.2. The molecule has 0 saturated heterocycles. The van der Waals surface area contributed by atoms with Gasteiger partial charge in [0.15, 0.2) is 17.2 Å². The van der Waals surface area contributed by atoms with Crippen molar-refractivity contribution in [2.24, 2.45) is 0 Å². The monoisotopic (exact) mass is 448 g/mol. The number of ether oxygens (including phenoxy) is 1. The lowest BCUT2D eigenvalue weighted by Gasteiger charge is -2.16. The second kappa shape index (κ2) is 10.2. The number of halogens is 1. The van der Waals surface area contributed by atoms with E-state index in [0.717, 1.165) is 16.0 Å². The van der Waals surface area contributed by atoms with Crippen LogP contribution in [0.3, 0.4) is 0 Å². The van der Waals surface area contributed by atoms with Gasteiger partial charge in [-0.05, 0) is 47.7 Å². The molecule has 0 saturated carbocycles. The minimum atomic E-state index is -0.388. The van der Waals surface area contributed by atoms with Crippen LogP contribution in [0.25, 0.3) is 11.5 Å². The van der Waals surface area contributed by atoms with Crippen molar-refractivity contribution in [1.82, 2.24) is 10.3 Å². The van der Waals surface area contributed by atoms with Crippen LogP contribution < -0.4 is 10.1 Å². The summed E-state index contributed by atoms with van der Waals surface area (Å²) in [5.41, 5.74) is 2.46. The van der Waals surface area contributed by atoms with Gasteiger partial charge in [-0.2, -0.15) is 0 Å². The van der Waals surface area contributed by atoms with Crippen molar-refractivity contribution in [3.05, 3.63) is 102 Å². The molecule has 32 heavy (non-hydrogen) atoms. The predicted octanol–water partition coefficient (Wildman–Crippen LogP) is 5.71. The lowest BCUT2D eigenvalue weighted by Crippen LogP contribution is -2.25. The third kappa shape index (κ3) is 5.18. The Hall–Kier alpha value is -3.58. The molecule has 0 aliphatic heterocycles. The Balaban J connectivity index is 1.65. The summed E-state index contributed by atoms with van der Waals surface area (Å²) in [4.78, 5) is 18.5. The Kier molecular flexibility index (Phi) is 6.87. The highest BCUT2D eigenvalue weighted by Gasteiger charge is 2.22. The smallest absolute Gasteiger partial charge is 0.274 e. The summed E-state index contributed by atoms with van der Waals surface area (Å²) in [5, 5.41) is 2.85. The molecule has 0 atom stereocenters. The highest BCUT2D eigenvalue weighted by molar-refractivity contribution is 7.98. The first-order valence-electron chi connectivity index (χ1n) is 9.96. The van der Waals surface area contributed by atoms with Gasteiger partial charge in [0.25, 0.3) is 5.91 Å². The number of nitrogens with zero attached hydrogens (tertiary/aromatic N) is 1. The minimum absolute atomic E-state index is 0.168. The fourth-order valence-corrected chi connectivity index (χ4v) is 3.67. The molecule has 4 aromatic rings. The molecule has 0 aliphatic rings. The highest BCUT2D eigenvalue weighted by atomic mass is 32.2. The van der Waals surface area contributed by atoms with E-state index in [4.69, 9.17) is 9.15 Å². The van der Waals surface area contributed by atoms with E-state index in [-0.39, 0.29) is 24.0 Å². The van der Waals surface area contributed by atoms with Crippen LogP contribution in [0.5, 0.6) is 5.75 Å². The van der Waals surface area contributed by atoms with Gasteiger partial charge in [0.05, 0.1) is 11.2 Å². The Bertz CT molecular complexity index is 1180. The molecule has 0 fully saturated rings. The number of amides is 1. The quantitative estimate of drug-likeness (QED) is 0.350. The zero-order valence-electron chi connectivity index (χ0n) is 17.4. The van der Waals surface area contributed by atoms with Gasteiger partial charge >= 0.3 is 0 Å². The molecular formula is C25H21FN2O3S. The molecule has 2 aromatic heterocycles. The summed E-state index contributed by atoms with van der Waals surface area (Å²) < 4.78 is 24.7. The normalized spacial score (nSPS) is 10.7. The second-order valence-electron chi connectivity index (χ2n) is 6.95. The summed E-state index contributed by atoms with van der Waals surface area (Å²) >= 11 is 1.46. The molecule has 2 aromatic carbocycles. The van der Waals surface area contributed by atoms with Gasteiger partial charge in [-0.15, -0.1) is 11.8 Å².